The van der Waals surface area contributed by atoms with Crippen LogP contribution in [-0.2, 0) is 14.8 Å². The molecule has 0 heterocycles. The summed E-state index contributed by atoms with van der Waals surface area (Å²) < 4.78 is 40.8. The lowest BCUT2D eigenvalue weighted by atomic mass is 10.3. The van der Waals surface area contributed by atoms with Gasteiger partial charge in [0.2, 0.25) is 10.0 Å². The normalized spacial score (nSPS) is 11.0. The summed E-state index contributed by atoms with van der Waals surface area (Å²) in [5.74, 6) is -1.27. The van der Waals surface area contributed by atoms with Gasteiger partial charge in [0.15, 0.2) is 6.61 Å². The van der Waals surface area contributed by atoms with E-state index in [-0.39, 0.29) is 10.8 Å². The molecule has 1 N–H and O–H groups in total. The van der Waals surface area contributed by atoms with Crippen LogP contribution in [0.2, 0.25) is 5.02 Å². The average Bonchev–Trinajstić information content (AvgIpc) is 2.17. The molecule has 0 atom stereocenters. The number of hydrogen-bond acceptors (Lipinski definition) is 4. The van der Waals surface area contributed by atoms with E-state index in [1.807, 2.05) is 0 Å². The lowest BCUT2D eigenvalue weighted by Crippen LogP contribution is -2.33. The van der Waals surface area contributed by atoms with Gasteiger partial charge in [-0.15, -0.1) is 0 Å². The number of benzene rings is 1. The number of amides is 1. The van der Waals surface area contributed by atoms with Gasteiger partial charge in [0.05, 0.1) is 11.3 Å². The topological polar surface area (TPSA) is 72.5 Å². The highest BCUT2D eigenvalue weighted by Crippen LogP contribution is 2.20. The molecule has 0 saturated heterocycles. The number of rotatable bonds is 4. The van der Waals surface area contributed by atoms with Crippen LogP contribution in [0.5, 0.6) is 5.75 Å². The largest absolute Gasteiger partial charge is 0.484 e. The Labute approximate surface area is 103 Å². The van der Waals surface area contributed by atoms with Gasteiger partial charge in [0, 0.05) is 6.07 Å². The quantitative estimate of drug-likeness (QED) is 0.891. The summed E-state index contributed by atoms with van der Waals surface area (Å²) in [6.45, 7) is -0.505. The highest BCUT2D eigenvalue weighted by molar-refractivity contribution is 7.89. The number of sulfonamides is 1. The van der Waals surface area contributed by atoms with Crippen LogP contribution in [0.15, 0.2) is 18.2 Å². The number of hydrogen-bond donors (Lipinski definition) is 1. The summed E-state index contributed by atoms with van der Waals surface area (Å²) in [6.07, 6.45) is 0.847. The van der Waals surface area contributed by atoms with Crippen molar-refractivity contribution in [3.8, 4) is 5.75 Å². The van der Waals surface area contributed by atoms with Crippen molar-refractivity contribution < 1.29 is 22.3 Å². The van der Waals surface area contributed by atoms with Crippen molar-refractivity contribution in [3.05, 3.63) is 29.0 Å². The molecule has 5 nitrogen and oxygen atoms in total. The van der Waals surface area contributed by atoms with Crippen LogP contribution in [0.1, 0.15) is 0 Å². The van der Waals surface area contributed by atoms with E-state index in [1.165, 1.54) is 12.1 Å². The van der Waals surface area contributed by atoms with Gasteiger partial charge in [-0.05, 0) is 12.1 Å². The zero-order chi connectivity index (χ0) is 13.1. The minimum absolute atomic E-state index is 0.147. The molecular formula is C9H9ClFNO4S. The van der Waals surface area contributed by atoms with Crippen molar-refractivity contribution in [2.24, 2.45) is 0 Å². The fraction of sp³-hybridized carbons (Fsp3) is 0.222. The van der Waals surface area contributed by atoms with Gasteiger partial charge in [-0.3, -0.25) is 9.52 Å². The van der Waals surface area contributed by atoms with Gasteiger partial charge < -0.3 is 4.74 Å². The van der Waals surface area contributed by atoms with E-state index in [1.54, 1.807) is 4.72 Å². The van der Waals surface area contributed by atoms with E-state index in [4.69, 9.17) is 16.3 Å². The Kier molecular flexibility index (Phi) is 4.30. The summed E-state index contributed by atoms with van der Waals surface area (Å²) in [5, 5.41) is -0.147. The molecule has 0 aliphatic carbocycles. The fourth-order valence-corrected chi connectivity index (χ4v) is 1.59. The van der Waals surface area contributed by atoms with Gasteiger partial charge in [-0.2, -0.15) is 0 Å². The molecule has 17 heavy (non-hydrogen) atoms. The number of carbonyl (C=O) groups is 1. The molecule has 0 saturated carbocycles. The smallest absolute Gasteiger partial charge is 0.271 e. The Morgan fingerprint density at radius 3 is 2.71 bits per heavy atom. The maximum Gasteiger partial charge on any atom is 0.271 e. The first-order valence-electron chi connectivity index (χ1n) is 4.36. The third-order valence-electron chi connectivity index (χ3n) is 1.56. The molecule has 0 radical (unpaired) electrons. The maximum atomic E-state index is 12.8. The van der Waals surface area contributed by atoms with Crippen molar-refractivity contribution in [1.29, 1.82) is 0 Å². The van der Waals surface area contributed by atoms with Crippen molar-refractivity contribution in [2.75, 3.05) is 12.9 Å². The first-order valence-corrected chi connectivity index (χ1v) is 6.63. The molecule has 0 aromatic heterocycles. The second-order valence-electron chi connectivity index (χ2n) is 3.16. The van der Waals surface area contributed by atoms with E-state index in [9.17, 15) is 17.6 Å². The average molecular weight is 282 g/mol. The van der Waals surface area contributed by atoms with Gasteiger partial charge in [-0.25, -0.2) is 12.8 Å². The maximum absolute atomic E-state index is 12.8. The van der Waals surface area contributed by atoms with E-state index in [2.05, 4.69) is 0 Å². The second kappa shape index (κ2) is 5.33. The Morgan fingerprint density at radius 2 is 2.18 bits per heavy atom. The van der Waals surface area contributed by atoms with Crippen molar-refractivity contribution in [1.82, 2.24) is 4.72 Å². The number of carbonyl (C=O) groups excluding carboxylic acids is 1. The third kappa shape index (κ3) is 5.01. The molecule has 0 unspecified atom stereocenters. The first-order chi connectivity index (χ1) is 7.78. The number of halogens is 2. The predicted molar refractivity (Wildman–Crippen MR) is 59.9 cm³/mol. The van der Waals surface area contributed by atoms with E-state index >= 15 is 0 Å². The third-order valence-corrected chi connectivity index (χ3v) is 2.45. The number of nitrogens with one attached hydrogen (secondary N) is 1. The second-order valence-corrected chi connectivity index (χ2v) is 5.32. The van der Waals surface area contributed by atoms with Gasteiger partial charge in [0.1, 0.15) is 11.6 Å². The summed E-state index contributed by atoms with van der Waals surface area (Å²) in [6, 6.07) is 3.53. The van der Waals surface area contributed by atoms with E-state index in [0.29, 0.717) is 0 Å². The van der Waals surface area contributed by atoms with Crippen LogP contribution >= 0.6 is 11.6 Å². The molecule has 0 aliphatic heterocycles. The zero-order valence-electron chi connectivity index (χ0n) is 8.74. The minimum atomic E-state index is -3.61. The van der Waals surface area contributed by atoms with Crippen molar-refractivity contribution in [2.45, 2.75) is 0 Å². The van der Waals surface area contributed by atoms with Gasteiger partial charge >= 0.3 is 0 Å². The fourth-order valence-electron chi connectivity index (χ4n) is 0.952. The molecule has 0 aliphatic rings. The minimum Gasteiger partial charge on any atom is -0.484 e. The molecule has 1 rings (SSSR count). The van der Waals surface area contributed by atoms with E-state index in [0.717, 1.165) is 12.3 Å². The Hall–Kier alpha value is -1.34. The van der Waals surface area contributed by atoms with Crippen LogP contribution in [-0.4, -0.2) is 27.2 Å². The summed E-state index contributed by atoms with van der Waals surface area (Å²) in [7, 11) is -3.61. The summed E-state index contributed by atoms with van der Waals surface area (Å²) in [5.41, 5.74) is 0. The lowest BCUT2D eigenvalue weighted by Gasteiger charge is -2.06. The first kappa shape index (κ1) is 13.7. The lowest BCUT2D eigenvalue weighted by molar-refractivity contribution is -0.121. The standard InChI is InChI=1S/C9H9ClFNO4S/c1-17(14,15)12-9(13)5-16-6-2-3-8(11)7(10)4-6/h2-4H,5H2,1H3,(H,12,13). The molecule has 1 amide bonds. The molecule has 0 fully saturated rings. The monoisotopic (exact) mass is 281 g/mol. The van der Waals surface area contributed by atoms with Crippen LogP contribution in [0.3, 0.4) is 0 Å². The molecule has 0 spiro atoms. The van der Waals surface area contributed by atoms with Gasteiger partial charge in [0.25, 0.3) is 5.91 Å². The predicted octanol–water partition coefficient (Wildman–Crippen LogP) is 0.934. The van der Waals surface area contributed by atoms with E-state index < -0.39 is 28.4 Å². The van der Waals surface area contributed by atoms with Crippen LogP contribution < -0.4 is 9.46 Å². The van der Waals surface area contributed by atoms with Crippen molar-refractivity contribution in [3.63, 3.8) is 0 Å². The zero-order valence-corrected chi connectivity index (χ0v) is 10.3. The molecule has 8 heteroatoms. The summed E-state index contributed by atoms with van der Waals surface area (Å²) in [4.78, 5) is 11.1. The van der Waals surface area contributed by atoms with Crippen LogP contribution in [0, 0.1) is 5.82 Å². The Balaban J connectivity index is 2.56. The van der Waals surface area contributed by atoms with Crippen LogP contribution in [0.25, 0.3) is 0 Å². The molecule has 1 aromatic carbocycles. The molecule has 1 aromatic rings. The van der Waals surface area contributed by atoms with Crippen LogP contribution in [0.4, 0.5) is 4.39 Å². The Bertz CT molecular complexity index is 532. The Morgan fingerprint density at radius 1 is 1.53 bits per heavy atom. The summed E-state index contributed by atoms with van der Waals surface area (Å²) >= 11 is 5.48. The van der Waals surface area contributed by atoms with Gasteiger partial charge in [-0.1, -0.05) is 11.6 Å². The highest BCUT2D eigenvalue weighted by Gasteiger charge is 2.09. The molecule has 94 valence electrons. The molecule has 0 bridgehead atoms. The number of ether oxygens (including phenoxy) is 1. The molecular weight excluding hydrogens is 273 g/mol. The van der Waals surface area contributed by atoms with Crippen molar-refractivity contribution >= 4 is 27.5 Å². The SMILES string of the molecule is CS(=O)(=O)NC(=O)COc1ccc(F)c(Cl)c1. The highest BCUT2D eigenvalue weighted by atomic mass is 35.5.